The second kappa shape index (κ2) is 9.49. The molecule has 0 bridgehead atoms. The van der Waals surface area contributed by atoms with Crippen LogP contribution in [0.4, 0.5) is 5.69 Å². The average Bonchev–Trinajstić information content (AvgIpc) is 3.26. The maximum absolute atomic E-state index is 12.8. The van der Waals surface area contributed by atoms with Crippen LogP contribution in [0.3, 0.4) is 0 Å². The lowest BCUT2D eigenvalue weighted by Crippen LogP contribution is -2.25. The summed E-state index contributed by atoms with van der Waals surface area (Å²) in [5.41, 5.74) is 2.10. The Balaban J connectivity index is 1.73. The standard InChI is InChI=1S/C22H28N2O5S/c1-17-6-8-18(9-7-17)28-14-15-29-22(25)20-16-19(30(26,27)23(2)3)10-11-21(20)24-12-4-5-13-24/h6-11,16H,4-5,12-15H2,1-3H3. The molecule has 8 heteroatoms. The maximum Gasteiger partial charge on any atom is 0.340 e. The number of esters is 1. The van der Waals surface area contributed by atoms with Gasteiger partial charge in [-0.05, 0) is 50.1 Å². The fourth-order valence-electron chi connectivity index (χ4n) is 3.29. The Morgan fingerprint density at radius 3 is 2.33 bits per heavy atom. The normalized spacial score (nSPS) is 14.2. The van der Waals surface area contributed by atoms with E-state index in [0.29, 0.717) is 11.4 Å². The maximum atomic E-state index is 12.8. The van der Waals surface area contributed by atoms with E-state index in [-0.39, 0.29) is 23.7 Å². The number of ether oxygens (including phenoxy) is 2. The third-order valence-corrected chi connectivity index (χ3v) is 6.83. The van der Waals surface area contributed by atoms with Gasteiger partial charge in [0.1, 0.15) is 19.0 Å². The number of anilines is 1. The van der Waals surface area contributed by atoms with E-state index in [9.17, 15) is 13.2 Å². The fraction of sp³-hybridized carbons (Fsp3) is 0.409. The van der Waals surface area contributed by atoms with E-state index >= 15 is 0 Å². The number of sulfonamides is 1. The summed E-state index contributed by atoms with van der Waals surface area (Å²) in [6.45, 7) is 3.93. The van der Waals surface area contributed by atoms with E-state index in [4.69, 9.17) is 9.47 Å². The molecule has 0 saturated carbocycles. The summed E-state index contributed by atoms with van der Waals surface area (Å²) in [7, 11) is -0.731. The largest absolute Gasteiger partial charge is 0.490 e. The summed E-state index contributed by atoms with van der Waals surface area (Å²) >= 11 is 0. The molecule has 1 aliphatic heterocycles. The first kappa shape index (κ1) is 22.1. The van der Waals surface area contributed by atoms with Crippen molar-refractivity contribution in [3.05, 3.63) is 53.6 Å². The molecule has 0 spiro atoms. The Bertz CT molecular complexity index is 981. The number of nitrogens with zero attached hydrogens (tertiary/aromatic N) is 2. The first-order chi connectivity index (χ1) is 14.3. The van der Waals surface area contributed by atoms with Gasteiger partial charge in [-0.15, -0.1) is 0 Å². The topological polar surface area (TPSA) is 76.1 Å². The van der Waals surface area contributed by atoms with Gasteiger partial charge in [0.15, 0.2) is 0 Å². The SMILES string of the molecule is Cc1ccc(OCCOC(=O)c2cc(S(=O)(=O)N(C)C)ccc2N2CCCC2)cc1. The summed E-state index contributed by atoms with van der Waals surface area (Å²) in [5.74, 6) is 0.147. The Labute approximate surface area is 178 Å². The highest BCUT2D eigenvalue weighted by Crippen LogP contribution is 2.28. The molecule has 30 heavy (non-hydrogen) atoms. The molecule has 0 radical (unpaired) electrons. The van der Waals surface area contributed by atoms with Crippen LogP contribution in [0.1, 0.15) is 28.8 Å². The molecule has 1 heterocycles. The number of hydrogen-bond donors (Lipinski definition) is 0. The lowest BCUT2D eigenvalue weighted by Gasteiger charge is -2.22. The van der Waals surface area contributed by atoms with Crippen LogP contribution in [0.2, 0.25) is 0 Å². The van der Waals surface area contributed by atoms with Crippen molar-refractivity contribution in [2.45, 2.75) is 24.7 Å². The molecule has 0 atom stereocenters. The van der Waals surface area contributed by atoms with Crippen LogP contribution in [-0.4, -0.2) is 59.1 Å². The van der Waals surface area contributed by atoms with Crippen molar-refractivity contribution in [1.29, 1.82) is 0 Å². The van der Waals surface area contributed by atoms with E-state index in [0.717, 1.165) is 35.8 Å². The Morgan fingerprint density at radius 1 is 1.03 bits per heavy atom. The van der Waals surface area contributed by atoms with Gasteiger partial charge in [-0.25, -0.2) is 17.5 Å². The highest BCUT2D eigenvalue weighted by atomic mass is 32.2. The van der Waals surface area contributed by atoms with Crippen LogP contribution >= 0.6 is 0 Å². The van der Waals surface area contributed by atoms with Gasteiger partial charge in [-0.3, -0.25) is 0 Å². The van der Waals surface area contributed by atoms with E-state index in [1.807, 2.05) is 31.2 Å². The minimum Gasteiger partial charge on any atom is -0.490 e. The average molecular weight is 433 g/mol. The van der Waals surface area contributed by atoms with E-state index < -0.39 is 16.0 Å². The number of hydrogen-bond acceptors (Lipinski definition) is 6. The molecule has 7 nitrogen and oxygen atoms in total. The second-order valence-electron chi connectivity index (χ2n) is 7.46. The zero-order chi connectivity index (χ0) is 21.7. The summed E-state index contributed by atoms with van der Waals surface area (Å²) in [4.78, 5) is 15.0. The first-order valence-corrected chi connectivity index (χ1v) is 11.4. The van der Waals surface area contributed by atoms with Gasteiger partial charge in [0, 0.05) is 27.2 Å². The number of aryl methyl sites for hydroxylation is 1. The van der Waals surface area contributed by atoms with E-state index in [1.165, 1.54) is 20.2 Å². The zero-order valence-corrected chi connectivity index (χ0v) is 18.4. The van der Waals surface area contributed by atoms with Crippen molar-refractivity contribution < 1.29 is 22.7 Å². The van der Waals surface area contributed by atoms with Crippen LogP contribution in [0.25, 0.3) is 0 Å². The summed E-state index contributed by atoms with van der Waals surface area (Å²) in [6, 6.07) is 12.3. The molecule has 162 valence electrons. The van der Waals surface area contributed by atoms with E-state index in [1.54, 1.807) is 12.1 Å². The van der Waals surface area contributed by atoms with Crippen LogP contribution in [0.15, 0.2) is 47.4 Å². The molecule has 1 aliphatic rings. The lowest BCUT2D eigenvalue weighted by molar-refractivity contribution is 0.0451. The van der Waals surface area contributed by atoms with Crippen molar-refractivity contribution in [1.82, 2.24) is 4.31 Å². The first-order valence-electron chi connectivity index (χ1n) is 9.97. The molecular formula is C22H28N2O5S. The molecule has 2 aromatic rings. The number of benzene rings is 2. The van der Waals surface area contributed by atoms with Crippen molar-refractivity contribution in [2.75, 3.05) is 45.3 Å². The van der Waals surface area contributed by atoms with Gasteiger partial charge in [0.2, 0.25) is 10.0 Å². The number of rotatable bonds is 8. The highest BCUT2D eigenvalue weighted by Gasteiger charge is 2.25. The predicted octanol–water partition coefficient (Wildman–Crippen LogP) is 3.08. The van der Waals surface area contributed by atoms with Gasteiger partial charge < -0.3 is 14.4 Å². The van der Waals surface area contributed by atoms with Crippen LogP contribution < -0.4 is 9.64 Å². The minimum atomic E-state index is -3.66. The third kappa shape index (κ3) is 5.12. The molecule has 0 aliphatic carbocycles. The molecule has 0 unspecified atom stereocenters. The quantitative estimate of drug-likeness (QED) is 0.471. The van der Waals surface area contributed by atoms with Gasteiger partial charge in [-0.2, -0.15) is 0 Å². The minimum absolute atomic E-state index is 0.0663. The molecule has 1 saturated heterocycles. The van der Waals surface area contributed by atoms with E-state index in [2.05, 4.69) is 4.90 Å². The Hall–Kier alpha value is -2.58. The second-order valence-corrected chi connectivity index (χ2v) is 9.61. The molecule has 1 fully saturated rings. The summed E-state index contributed by atoms with van der Waals surface area (Å²) < 4.78 is 37.2. The summed E-state index contributed by atoms with van der Waals surface area (Å²) in [6.07, 6.45) is 2.08. The predicted molar refractivity (Wildman–Crippen MR) is 116 cm³/mol. The van der Waals surface area contributed by atoms with Crippen molar-refractivity contribution >= 4 is 21.7 Å². The lowest BCUT2D eigenvalue weighted by atomic mass is 10.1. The van der Waals surface area contributed by atoms with Crippen molar-refractivity contribution in [2.24, 2.45) is 0 Å². The Kier molecular flexibility index (Phi) is 6.99. The van der Waals surface area contributed by atoms with Crippen LogP contribution in [0, 0.1) is 6.92 Å². The van der Waals surface area contributed by atoms with Crippen molar-refractivity contribution in [3.63, 3.8) is 0 Å². The molecule has 0 N–H and O–H groups in total. The van der Waals surface area contributed by atoms with Crippen LogP contribution in [0.5, 0.6) is 5.75 Å². The molecule has 3 rings (SSSR count). The summed E-state index contributed by atoms with van der Waals surface area (Å²) in [5, 5.41) is 0. The van der Waals surface area contributed by atoms with Gasteiger partial charge in [0.05, 0.1) is 16.1 Å². The smallest absolute Gasteiger partial charge is 0.340 e. The fourth-order valence-corrected chi connectivity index (χ4v) is 4.22. The van der Waals surface area contributed by atoms with Gasteiger partial charge in [-0.1, -0.05) is 17.7 Å². The molecule has 2 aromatic carbocycles. The third-order valence-electron chi connectivity index (χ3n) is 5.02. The molecular weight excluding hydrogens is 404 g/mol. The monoisotopic (exact) mass is 432 g/mol. The Morgan fingerprint density at radius 2 is 1.70 bits per heavy atom. The van der Waals surface area contributed by atoms with Crippen LogP contribution in [-0.2, 0) is 14.8 Å². The van der Waals surface area contributed by atoms with Gasteiger partial charge >= 0.3 is 5.97 Å². The highest BCUT2D eigenvalue weighted by molar-refractivity contribution is 7.89. The molecule has 0 amide bonds. The zero-order valence-electron chi connectivity index (χ0n) is 17.6. The number of carbonyl (C=O) groups excluding carboxylic acids is 1. The molecule has 0 aromatic heterocycles. The van der Waals surface area contributed by atoms with Crippen molar-refractivity contribution in [3.8, 4) is 5.75 Å². The number of carbonyl (C=O) groups is 1. The van der Waals surface area contributed by atoms with Gasteiger partial charge in [0.25, 0.3) is 0 Å².